The zero-order chi connectivity index (χ0) is 91.0. The fourth-order valence-electron chi connectivity index (χ4n) is 12.7. The molecule has 9 aromatic rings. The Morgan fingerprint density at radius 2 is 0.488 bits per heavy atom. The number of benzene rings is 9. The van der Waals surface area contributed by atoms with Gasteiger partial charge in [0.05, 0.1) is 39.6 Å². The van der Waals surface area contributed by atoms with Crippen LogP contribution < -0.4 is 37.9 Å². The largest absolute Gasteiger partial charge is 0.497 e. The number of aryl methyl sites for hydroxylation is 8. The molecule has 0 aliphatic heterocycles. The third-order valence-corrected chi connectivity index (χ3v) is 18.7. The lowest BCUT2D eigenvalue weighted by Gasteiger charge is -2.23. The maximum atomic E-state index is 12.8. The molecule has 0 spiro atoms. The number of nitrogens with zero attached hydrogens (tertiary/aromatic N) is 4. The lowest BCUT2D eigenvalue weighted by atomic mass is 10.0. The summed E-state index contributed by atoms with van der Waals surface area (Å²) in [7, 11) is 21.4. The van der Waals surface area contributed by atoms with E-state index in [9.17, 15) is 43.5 Å². The summed E-state index contributed by atoms with van der Waals surface area (Å²) < 4.78 is 66.3. The lowest BCUT2D eigenvalue weighted by Crippen LogP contribution is -2.35. The van der Waals surface area contributed by atoms with Gasteiger partial charge in [-0.15, -0.1) is 0 Å². The van der Waals surface area contributed by atoms with Crippen molar-refractivity contribution in [2.75, 3.05) is 137 Å². The van der Waals surface area contributed by atoms with Gasteiger partial charge < -0.3 is 96.9 Å². The third-order valence-electron chi connectivity index (χ3n) is 18.7. The van der Waals surface area contributed by atoms with E-state index in [1.54, 1.807) is 40.6 Å². The van der Waals surface area contributed by atoms with Crippen molar-refractivity contribution in [1.82, 2.24) is 19.6 Å². The normalized spacial score (nSPS) is 11.7. The molecule has 0 aliphatic carbocycles. The zero-order valence-electron chi connectivity index (χ0n) is 73.3. The Hall–Kier alpha value is -13.0. The fourth-order valence-corrected chi connectivity index (χ4v) is 12.7. The Kier molecular flexibility index (Phi) is 44.5. The van der Waals surface area contributed by atoms with Crippen molar-refractivity contribution in [3.8, 4) is 46.0 Å². The summed E-state index contributed by atoms with van der Waals surface area (Å²) in [5, 5.41) is 35.7. The molecule has 4 atom stereocenters. The maximum absolute atomic E-state index is 12.8. The number of hydrogen-bond acceptors (Lipinski definition) is 24. The van der Waals surface area contributed by atoms with Crippen LogP contribution in [-0.2, 0) is 99.1 Å². The van der Waals surface area contributed by atoms with Crippen LogP contribution in [0.3, 0.4) is 0 Å². The van der Waals surface area contributed by atoms with E-state index in [1.807, 2.05) is 270 Å². The van der Waals surface area contributed by atoms with Crippen molar-refractivity contribution >= 4 is 47.8 Å². The number of carbonyl (C=O) groups excluding carboxylic acids is 4. The van der Waals surface area contributed by atoms with Crippen LogP contribution in [-0.4, -0.2) is 250 Å². The van der Waals surface area contributed by atoms with E-state index in [0.717, 1.165) is 120 Å². The first-order valence-electron chi connectivity index (χ1n) is 40.7. The topological polar surface area (TPSA) is 341 Å². The van der Waals surface area contributed by atoms with Gasteiger partial charge in [-0.05, 0) is 237 Å². The number of esters is 4. The van der Waals surface area contributed by atoms with Crippen LogP contribution in [0.5, 0.6) is 46.0 Å². The second-order valence-electron chi connectivity index (χ2n) is 30.0. The summed E-state index contributed by atoms with van der Waals surface area (Å²) in [6.45, 7) is 2.28. The Balaban J connectivity index is 0.000000258. The SMILES string of the molecule is COc1ccc(CCc2ccccc2OCC(CN(C)C)OC(=O)CC(=O)O)cc1.COc1ccc(CCc2ccccc2OC[C@@H](CN(C)C)OC(=O)CC(=O)O)cc1.COc1ccc(CCc2ccccc2OC[C@H](CN(C)C)OC(=O)CC(=O)O)cc1.COc1ccc(CCc2ccccc2OC[C@H](CN(C)C)OC(=O)c2ccccc2C(=O)O)cc1. The van der Waals surface area contributed by atoms with Gasteiger partial charge in [0.25, 0.3) is 0 Å². The molecule has 125 heavy (non-hydrogen) atoms. The minimum atomic E-state index is -1.21. The van der Waals surface area contributed by atoms with E-state index < -0.39 is 91.4 Å². The molecule has 28 heteroatoms. The Labute approximate surface area is 731 Å². The molecule has 0 amide bonds. The molecule has 0 fully saturated rings. The third kappa shape index (κ3) is 39.8. The second kappa shape index (κ2) is 55.2. The molecule has 9 rings (SSSR count). The molecule has 0 heterocycles. The van der Waals surface area contributed by atoms with Gasteiger partial charge in [-0.25, -0.2) is 9.59 Å². The zero-order valence-corrected chi connectivity index (χ0v) is 73.3. The predicted molar refractivity (Wildman–Crippen MR) is 473 cm³/mol. The van der Waals surface area contributed by atoms with Crippen LogP contribution in [0.15, 0.2) is 218 Å². The summed E-state index contributed by atoms with van der Waals surface area (Å²) in [5.74, 6) is -1.62. The number of rotatable bonds is 48. The minimum absolute atomic E-state index is 0.0173. The summed E-state index contributed by atoms with van der Waals surface area (Å²) in [5.41, 5.74) is 8.90. The number of methoxy groups -OCH3 is 4. The first-order valence-corrected chi connectivity index (χ1v) is 40.7. The quantitative estimate of drug-likeness (QED) is 0.0156. The first kappa shape index (κ1) is 101. The van der Waals surface area contributed by atoms with Crippen LogP contribution in [0.1, 0.15) is 84.5 Å². The van der Waals surface area contributed by atoms with Crippen molar-refractivity contribution in [3.05, 3.63) is 274 Å². The van der Waals surface area contributed by atoms with Gasteiger partial charge >= 0.3 is 47.8 Å². The van der Waals surface area contributed by atoms with Crippen molar-refractivity contribution in [2.45, 2.75) is 95.0 Å². The van der Waals surface area contributed by atoms with Gasteiger partial charge in [-0.2, -0.15) is 0 Å². The highest BCUT2D eigenvalue weighted by Gasteiger charge is 2.26. The van der Waals surface area contributed by atoms with Gasteiger partial charge in [0, 0.05) is 26.2 Å². The number of ether oxygens (including phenoxy) is 12. The van der Waals surface area contributed by atoms with E-state index in [2.05, 4.69) is 0 Å². The number of aliphatic carboxylic acids is 3. The van der Waals surface area contributed by atoms with Crippen molar-refractivity contribution in [3.63, 3.8) is 0 Å². The number of carboxylic acid groups (broad SMARTS) is 4. The van der Waals surface area contributed by atoms with Gasteiger partial charge in [0.2, 0.25) is 0 Å². The molecule has 4 N–H and O–H groups in total. The molecule has 9 aromatic carbocycles. The number of likely N-dealkylation sites (N-methyl/N-ethyl adjacent to an activating group) is 4. The van der Waals surface area contributed by atoms with Crippen LogP contribution in [0, 0.1) is 0 Å². The summed E-state index contributed by atoms with van der Waals surface area (Å²) in [4.78, 5) is 99.1. The molecule has 0 aromatic heterocycles. The highest BCUT2D eigenvalue weighted by molar-refractivity contribution is 6.02. The van der Waals surface area contributed by atoms with Gasteiger partial charge in [0.15, 0.2) is 0 Å². The molecule has 0 saturated carbocycles. The highest BCUT2D eigenvalue weighted by atomic mass is 16.6. The van der Waals surface area contributed by atoms with Crippen molar-refractivity contribution in [1.29, 1.82) is 0 Å². The number of para-hydroxylation sites is 4. The highest BCUT2D eigenvalue weighted by Crippen LogP contribution is 2.28. The van der Waals surface area contributed by atoms with Crippen LogP contribution in [0.25, 0.3) is 0 Å². The molecule has 0 aliphatic rings. The fraction of sp³-hybridized carbons (Fsp3) is 0.361. The summed E-state index contributed by atoms with van der Waals surface area (Å²) >= 11 is 0. The van der Waals surface area contributed by atoms with Gasteiger partial charge in [0.1, 0.15) is 116 Å². The molecule has 28 nitrogen and oxygen atoms in total. The molecule has 0 bridgehead atoms. The minimum Gasteiger partial charge on any atom is -0.497 e. The molecule has 0 saturated heterocycles. The molecule has 670 valence electrons. The van der Waals surface area contributed by atoms with Crippen molar-refractivity contribution < 1.29 is 116 Å². The van der Waals surface area contributed by atoms with E-state index >= 15 is 0 Å². The Morgan fingerprint density at radius 1 is 0.272 bits per heavy atom. The van der Waals surface area contributed by atoms with E-state index in [0.29, 0.717) is 26.2 Å². The Morgan fingerprint density at radius 3 is 0.704 bits per heavy atom. The molecule has 1 unspecified atom stereocenters. The van der Waals surface area contributed by atoms with E-state index in [-0.39, 0.29) is 37.6 Å². The maximum Gasteiger partial charge on any atom is 0.339 e. The van der Waals surface area contributed by atoms with Gasteiger partial charge in [-0.3, -0.25) is 28.8 Å². The number of carbonyl (C=O) groups is 8. The number of carboxylic acids is 4. The first-order chi connectivity index (χ1) is 60.0. The lowest BCUT2D eigenvalue weighted by molar-refractivity contribution is -0.158. The van der Waals surface area contributed by atoms with Gasteiger partial charge in [-0.1, -0.05) is 133 Å². The van der Waals surface area contributed by atoms with Crippen LogP contribution in [0.2, 0.25) is 0 Å². The molecular weight excluding hydrogens is 1610 g/mol. The predicted octanol–water partition coefficient (Wildman–Crippen LogP) is 12.8. The monoisotopic (exact) mass is 1720 g/mol. The van der Waals surface area contributed by atoms with Crippen LogP contribution in [0.4, 0.5) is 0 Å². The number of aromatic carboxylic acids is 1. The smallest absolute Gasteiger partial charge is 0.339 e. The molecular formula is C97H118N4O24. The number of hydrogen-bond donors (Lipinski definition) is 4. The average molecular weight is 1720 g/mol. The molecule has 0 radical (unpaired) electrons. The summed E-state index contributed by atoms with van der Waals surface area (Å²) in [6.07, 6.45) is 2.25. The summed E-state index contributed by atoms with van der Waals surface area (Å²) in [6, 6.07) is 68.9. The average Bonchev–Trinajstić information content (AvgIpc) is 0.837. The Bertz CT molecular complexity index is 4440. The second-order valence-corrected chi connectivity index (χ2v) is 30.0. The van der Waals surface area contributed by atoms with E-state index in [4.69, 9.17) is 72.2 Å². The van der Waals surface area contributed by atoms with E-state index in [1.165, 1.54) is 34.4 Å². The van der Waals surface area contributed by atoms with Crippen LogP contribution >= 0.6 is 0 Å². The standard InChI is InChI=1S/C28H31NO6.3C23H29NO6/c1-29(2)18-23(35-28(32)25-10-6-5-9-24(25)27(30)31)19-34-26-11-7-4-8-21(26)15-12-20-13-16-22(33-3)17-14-20;3*1-24(2)15-20(30-23(27)14-22(25)26)16-29-21-7-5-4-6-18(21)11-8-17-9-12-19(28-3)13-10-17/h4-11,13-14,16-17,23H,12,15,18-19H2,1-3H3,(H,30,31);3*4-7,9-10,12-13,20H,8,11,14-16H2,1-3H3,(H,25,26)/t23-;2*20-;/m010./s1. The van der Waals surface area contributed by atoms with Crippen molar-refractivity contribution in [2.24, 2.45) is 0 Å².